The van der Waals surface area contributed by atoms with E-state index in [1.165, 1.54) is 0 Å². The Morgan fingerprint density at radius 3 is 2.82 bits per heavy atom. The van der Waals surface area contributed by atoms with Crippen molar-refractivity contribution >= 4 is 23.6 Å². The minimum absolute atomic E-state index is 0.135. The van der Waals surface area contributed by atoms with Gasteiger partial charge in [0.25, 0.3) is 0 Å². The molecule has 96 valence electrons. The van der Waals surface area contributed by atoms with Crippen molar-refractivity contribution in [3.8, 4) is 0 Å². The maximum atomic E-state index is 12.3. The Morgan fingerprint density at radius 1 is 1.35 bits per heavy atom. The summed E-state index contributed by atoms with van der Waals surface area (Å²) in [4.78, 5) is 28.0. The van der Waals surface area contributed by atoms with Gasteiger partial charge in [0.2, 0.25) is 11.8 Å². The first-order valence-corrected chi connectivity index (χ1v) is 7.66. The molecule has 0 spiro atoms. The molecule has 2 aliphatic heterocycles. The van der Waals surface area contributed by atoms with Gasteiger partial charge in [0, 0.05) is 13.1 Å². The number of fused-ring (bicyclic) bond motifs is 1. The van der Waals surface area contributed by atoms with Gasteiger partial charge in [-0.3, -0.25) is 9.59 Å². The van der Waals surface area contributed by atoms with Crippen molar-refractivity contribution in [1.29, 1.82) is 0 Å². The molecule has 0 saturated carbocycles. The fourth-order valence-corrected chi connectivity index (χ4v) is 3.14. The lowest BCUT2D eigenvalue weighted by Gasteiger charge is -2.41. The lowest BCUT2D eigenvalue weighted by atomic mass is 10.1. The maximum Gasteiger partial charge on any atom is 0.246 e. The molecule has 0 aromatic heterocycles. The van der Waals surface area contributed by atoms with Crippen LogP contribution in [0.4, 0.5) is 0 Å². The molecule has 17 heavy (non-hydrogen) atoms. The van der Waals surface area contributed by atoms with Gasteiger partial charge < -0.3 is 9.80 Å². The molecule has 0 bridgehead atoms. The van der Waals surface area contributed by atoms with Crippen LogP contribution in [0.3, 0.4) is 0 Å². The van der Waals surface area contributed by atoms with Crippen LogP contribution in [-0.2, 0) is 9.59 Å². The van der Waals surface area contributed by atoms with Crippen LogP contribution in [0.25, 0.3) is 0 Å². The van der Waals surface area contributed by atoms with E-state index < -0.39 is 0 Å². The fraction of sp³-hybridized carbons (Fsp3) is 0.833. The summed E-state index contributed by atoms with van der Waals surface area (Å²) >= 11 is 1.78. The van der Waals surface area contributed by atoms with Gasteiger partial charge in [-0.05, 0) is 38.2 Å². The summed E-state index contributed by atoms with van der Waals surface area (Å²) in [6.07, 6.45) is 4.84. The van der Waals surface area contributed by atoms with Gasteiger partial charge in [-0.15, -0.1) is 0 Å². The number of hydrogen-bond acceptors (Lipinski definition) is 3. The van der Waals surface area contributed by atoms with Crippen molar-refractivity contribution in [2.75, 3.05) is 25.1 Å². The van der Waals surface area contributed by atoms with Gasteiger partial charge in [0.15, 0.2) is 0 Å². The third-order valence-electron chi connectivity index (χ3n) is 3.68. The monoisotopic (exact) mass is 256 g/mol. The van der Waals surface area contributed by atoms with E-state index in [0.717, 1.165) is 38.1 Å². The highest BCUT2D eigenvalue weighted by Crippen LogP contribution is 2.26. The second kappa shape index (κ2) is 5.29. The molecule has 0 aliphatic carbocycles. The summed E-state index contributed by atoms with van der Waals surface area (Å²) < 4.78 is 0. The zero-order valence-corrected chi connectivity index (χ0v) is 11.3. The van der Waals surface area contributed by atoms with Gasteiger partial charge >= 0.3 is 0 Å². The number of amides is 2. The van der Waals surface area contributed by atoms with Gasteiger partial charge in [-0.25, -0.2) is 0 Å². The highest BCUT2D eigenvalue weighted by atomic mass is 32.2. The SMILES string of the molecule is CSCCCN1C(=O)C2CCCN2C(=O)C1C. The summed E-state index contributed by atoms with van der Waals surface area (Å²) in [5.41, 5.74) is 0. The smallest absolute Gasteiger partial charge is 0.246 e. The zero-order valence-electron chi connectivity index (χ0n) is 10.5. The molecule has 2 atom stereocenters. The molecule has 0 aromatic carbocycles. The van der Waals surface area contributed by atoms with Gasteiger partial charge in [0.1, 0.15) is 12.1 Å². The zero-order chi connectivity index (χ0) is 12.4. The fourth-order valence-electron chi connectivity index (χ4n) is 2.73. The molecule has 0 radical (unpaired) electrons. The molecule has 2 amide bonds. The molecule has 4 nitrogen and oxygen atoms in total. The first-order valence-electron chi connectivity index (χ1n) is 6.26. The van der Waals surface area contributed by atoms with Gasteiger partial charge in [0.05, 0.1) is 0 Å². The molecule has 0 aromatic rings. The van der Waals surface area contributed by atoms with E-state index in [0.29, 0.717) is 0 Å². The average molecular weight is 256 g/mol. The maximum absolute atomic E-state index is 12.3. The van der Waals surface area contributed by atoms with Crippen molar-refractivity contribution < 1.29 is 9.59 Å². The van der Waals surface area contributed by atoms with Crippen LogP contribution in [-0.4, -0.2) is 58.8 Å². The Balaban J connectivity index is 2.05. The van der Waals surface area contributed by atoms with Crippen LogP contribution in [0, 0.1) is 0 Å². The number of hydrogen-bond donors (Lipinski definition) is 0. The van der Waals surface area contributed by atoms with Crippen LogP contribution in [0.5, 0.6) is 0 Å². The van der Waals surface area contributed by atoms with Crippen molar-refractivity contribution in [3.63, 3.8) is 0 Å². The summed E-state index contributed by atoms with van der Waals surface area (Å²) in [7, 11) is 0. The van der Waals surface area contributed by atoms with E-state index in [9.17, 15) is 9.59 Å². The predicted octanol–water partition coefficient (Wildman–Crippen LogP) is 0.961. The Morgan fingerprint density at radius 2 is 2.12 bits per heavy atom. The summed E-state index contributed by atoms with van der Waals surface area (Å²) in [5.74, 6) is 1.34. The van der Waals surface area contributed by atoms with Crippen LogP contribution >= 0.6 is 11.8 Å². The number of piperazine rings is 1. The van der Waals surface area contributed by atoms with E-state index in [1.807, 2.05) is 6.92 Å². The normalized spacial score (nSPS) is 28.8. The number of nitrogens with zero attached hydrogens (tertiary/aromatic N) is 2. The average Bonchev–Trinajstić information content (AvgIpc) is 2.80. The van der Waals surface area contributed by atoms with E-state index in [-0.39, 0.29) is 23.9 Å². The molecule has 2 fully saturated rings. The first kappa shape index (κ1) is 12.7. The molecule has 2 heterocycles. The number of carbonyl (C=O) groups excluding carboxylic acids is 2. The Labute approximate surface area is 107 Å². The van der Waals surface area contributed by atoms with E-state index >= 15 is 0 Å². The minimum atomic E-state index is -0.265. The summed E-state index contributed by atoms with van der Waals surface area (Å²) in [5, 5.41) is 0. The van der Waals surface area contributed by atoms with Crippen LogP contribution in [0.2, 0.25) is 0 Å². The quantitative estimate of drug-likeness (QED) is 0.704. The molecule has 2 saturated heterocycles. The molecular weight excluding hydrogens is 236 g/mol. The standard InChI is InChI=1S/C12H20N2O2S/c1-9-11(15)14-6-3-5-10(14)12(16)13(9)7-4-8-17-2/h9-10H,3-8H2,1-2H3. The topological polar surface area (TPSA) is 40.6 Å². The third-order valence-corrected chi connectivity index (χ3v) is 4.37. The highest BCUT2D eigenvalue weighted by molar-refractivity contribution is 7.98. The van der Waals surface area contributed by atoms with Crippen molar-refractivity contribution in [1.82, 2.24) is 9.80 Å². The van der Waals surface area contributed by atoms with Crippen LogP contribution in [0.15, 0.2) is 0 Å². The van der Waals surface area contributed by atoms with E-state index in [2.05, 4.69) is 6.26 Å². The van der Waals surface area contributed by atoms with Crippen LogP contribution in [0.1, 0.15) is 26.2 Å². The molecular formula is C12H20N2O2S. The largest absolute Gasteiger partial charge is 0.329 e. The van der Waals surface area contributed by atoms with Crippen LogP contribution < -0.4 is 0 Å². The van der Waals surface area contributed by atoms with Gasteiger partial charge in [-0.1, -0.05) is 0 Å². The molecule has 0 N–H and O–H groups in total. The Hall–Kier alpha value is -0.710. The Bertz CT molecular complexity index is 322. The number of thioether (sulfide) groups is 1. The summed E-state index contributed by atoms with van der Waals surface area (Å²) in [6, 6.07) is -0.424. The molecule has 2 rings (SSSR count). The Kier molecular flexibility index (Phi) is 3.97. The van der Waals surface area contributed by atoms with Crippen molar-refractivity contribution in [3.05, 3.63) is 0 Å². The lowest BCUT2D eigenvalue weighted by Crippen LogP contribution is -2.61. The minimum Gasteiger partial charge on any atom is -0.329 e. The lowest BCUT2D eigenvalue weighted by molar-refractivity contribution is -0.158. The van der Waals surface area contributed by atoms with Gasteiger partial charge in [-0.2, -0.15) is 11.8 Å². The third kappa shape index (κ3) is 2.30. The highest BCUT2D eigenvalue weighted by Gasteiger charge is 2.45. The molecule has 2 unspecified atom stereocenters. The predicted molar refractivity (Wildman–Crippen MR) is 68.9 cm³/mol. The van der Waals surface area contributed by atoms with Crippen molar-refractivity contribution in [2.24, 2.45) is 0 Å². The van der Waals surface area contributed by atoms with E-state index in [1.54, 1.807) is 21.6 Å². The molecule has 5 heteroatoms. The number of carbonyl (C=O) groups is 2. The molecule has 2 aliphatic rings. The second-order valence-electron chi connectivity index (χ2n) is 4.74. The number of rotatable bonds is 4. The first-order chi connectivity index (χ1) is 8.16. The van der Waals surface area contributed by atoms with E-state index in [4.69, 9.17) is 0 Å². The second-order valence-corrected chi connectivity index (χ2v) is 5.73. The van der Waals surface area contributed by atoms with Crippen molar-refractivity contribution in [2.45, 2.75) is 38.3 Å². The summed E-state index contributed by atoms with van der Waals surface area (Å²) in [6.45, 7) is 3.34.